The second-order valence-corrected chi connectivity index (χ2v) is 9.23. The maximum atomic E-state index is 11.7. The van der Waals surface area contributed by atoms with Crippen molar-refractivity contribution in [2.45, 2.75) is 77.7 Å². The summed E-state index contributed by atoms with van der Waals surface area (Å²) in [4.78, 5) is 21.2. The minimum Gasteiger partial charge on any atom is -0.457 e. The first-order valence-corrected chi connectivity index (χ1v) is 14.1. The summed E-state index contributed by atoms with van der Waals surface area (Å²) in [5, 5.41) is 0. The van der Waals surface area contributed by atoms with Gasteiger partial charge in [0, 0.05) is 19.6 Å². The Kier molecular flexibility index (Phi) is 23.1. The summed E-state index contributed by atoms with van der Waals surface area (Å²) >= 11 is 0. The van der Waals surface area contributed by atoms with Crippen LogP contribution in [-0.4, -0.2) is 49.9 Å². The van der Waals surface area contributed by atoms with Crippen molar-refractivity contribution in [3.05, 3.63) is 48.6 Å². The summed E-state index contributed by atoms with van der Waals surface area (Å²) in [6.07, 6.45) is 24.9. The molecule has 202 valence electrons. The molecule has 0 aromatic carbocycles. The molecule has 0 radical (unpaired) electrons. The number of phosphoric ester groups is 1. The van der Waals surface area contributed by atoms with Crippen molar-refractivity contribution < 1.29 is 32.8 Å². The molecule has 3 N–H and O–H groups in total. The number of rotatable bonds is 23. The lowest BCUT2D eigenvalue weighted by Crippen LogP contribution is -2.28. The van der Waals surface area contributed by atoms with E-state index in [-0.39, 0.29) is 32.8 Å². The van der Waals surface area contributed by atoms with E-state index in [1.165, 1.54) is 0 Å². The highest BCUT2D eigenvalue weighted by Gasteiger charge is 2.24. The minimum absolute atomic E-state index is 0.0828. The minimum atomic E-state index is -4.24. The molecule has 2 unspecified atom stereocenters. The lowest BCUT2D eigenvalue weighted by Gasteiger charge is -2.19. The molecule has 35 heavy (non-hydrogen) atoms. The maximum Gasteiger partial charge on any atom is 0.472 e. The van der Waals surface area contributed by atoms with Gasteiger partial charge in [-0.2, -0.15) is 0 Å². The van der Waals surface area contributed by atoms with Crippen LogP contribution in [0.15, 0.2) is 48.6 Å². The predicted octanol–water partition coefficient (Wildman–Crippen LogP) is 5.78. The van der Waals surface area contributed by atoms with Crippen LogP contribution in [0.25, 0.3) is 0 Å². The largest absolute Gasteiger partial charge is 0.472 e. The SMILES string of the molecule is CC/C=C\C/C=C\C/C=C\C/C=C\CCCCCOCC(COP(=O)(O)OCCN)OC(=O)CC. The van der Waals surface area contributed by atoms with Crippen LogP contribution in [0, 0.1) is 0 Å². The van der Waals surface area contributed by atoms with Gasteiger partial charge in [0.25, 0.3) is 0 Å². The van der Waals surface area contributed by atoms with Crippen LogP contribution in [0.1, 0.15) is 71.6 Å². The van der Waals surface area contributed by atoms with Crippen molar-refractivity contribution in [2.24, 2.45) is 5.73 Å². The van der Waals surface area contributed by atoms with Gasteiger partial charge in [-0.3, -0.25) is 13.8 Å². The van der Waals surface area contributed by atoms with E-state index in [0.717, 1.165) is 51.4 Å². The van der Waals surface area contributed by atoms with E-state index in [0.29, 0.717) is 6.61 Å². The molecule has 2 atom stereocenters. The molecule has 0 aromatic rings. The predicted molar refractivity (Wildman–Crippen MR) is 141 cm³/mol. The Morgan fingerprint density at radius 3 is 2.09 bits per heavy atom. The molecular formula is C26H46NO7P. The fourth-order valence-corrected chi connectivity index (χ4v) is 3.49. The number of hydrogen-bond donors (Lipinski definition) is 2. The molecule has 0 saturated heterocycles. The van der Waals surface area contributed by atoms with E-state index in [9.17, 15) is 14.3 Å². The van der Waals surface area contributed by atoms with Crippen LogP contribution in [0.4, 0.5) is 0 Å². The van der Waals surface area contributed by atoms with Crippen molar-refractivity contribution in [3.8, 4) is 0 Å². The number of hydrogen-bond acceptors (Lipinski definition) is 7. The molecule has 9 heteroatoms. The number of esters is 1. The lowest BCUT2D eigenvalue weighted by atomic mass is 10.2. The van der Waals surface area contributed by atoms with E-state index in [2.05, 4.69) is 60.1 Å². The van der Waals surface area contributed by atoms with Gasteiger partial charge in [0.2, 0.25) is 0 Å². The number of ether oxygens (including phenoxy) is 2. The number of phosphoric acid groups is 1. The molecule has 0 aromatic heterocycles. The second-order valence-electron chi connectivity index (χ2n) is 7.78. The Hall–Kier alpha value is -1.54. The average Bonchev–Trinajstić information content (AvgIpc) is 2.85. The van der Waals surface area contributed by atoms with E-state index < -0.39 is 19.9 Å². The van der Waals surface area contributed by atoms with Gasteiger partial charge in [0.15, 0.2) is 0 Å². The highest BCUT2D eigenvalue weighted by Crippen LogP contribution is 2.43. The number of unbranched alkanes of at least 4 members (excludes halogenated alkanes) is 3. The molecule has 0 heterocycles. The summed E-state index contributed by atoms with van der Waals surface area (Å²) < 4.78 is 32.1. The van der Waals surface area contributed by atoms with Crippen molar-refractivity contribution in [3.63, 3.8) is 0 Å². The van der Waals surface area contributed by atoms with Gasteiger partial charge >= 0.3 is 13.8 Å². The zero-order valence-electron chi connectivity index (χ0n) is 21.5. The number of carbonyl (C=O) groups excluding carboxylic acids is 1. The summed E-state index contributed by atoms with van der Waals surface area (Å²) in [5.74, 6) is -0.434. The van der Waals surface area contributed by atoms with Crippen LogP contribution >= 0.6 is 7.82 Å². The average molecular weight is 516 g/mol. The molecule has 0 aliphatic carbocycles. The topological polar surface area (TPSA) is 117 Å². The third-order valence-electron chi connectivity index (χ3n) is 4.56. The standard InChI is InChI=1S/C26H46NO7P/c1-3-5-6-7-8-9-10-11-12-13-14-15-16-17-18-19-21-31-23-25(34-26(28)4-2)24-33-35(29,30)32-22-20-27/h5-6,8-9,11-12,14-15,25H,3-4,7,10,13,16-24,27H2,1-2H3,(H,29,30)/b6-5-,9-8-,12-11-,15-14-. The fraction of sp³-hybridized carbons (Fsp3) is 0.654. The van der Waals surface area contributed by atoms with Crippen molar-refractivity contribution in [1.82, 2.24) is 0 Å². The zero-order chi connectivity index (χ0) is 26.0. The number of nitrogens with two attached hydrogens (primary N) is 1. The zero-order valence-corrected chi connectivity index (χ0v) is 22.4. The van der Waals surface area contributed by atoms with Crippen molar-refractivity contribution >= 4 is 13.8 Å². The first kappa shape index (κ1) is 33.5. The third-order valence-corrected chi connectivity index (χ3v) is 5.55. The fourth-order valence-electron chi connectivity index (χ4n) is 2.72. The highest BCUT2D eigenvalue weighted by molar-refractivity contribution is 7.47. The summed E-state index contributed by atoms with van der Waals surface area (Å²) in [5.41, 5.74) is 5.24. The van der Waals surface area contributed by atoms with Crippen LogP contribution in [0.5, 0.6) is 0 Å². The van der Waals surface area contributed by atoms with Gasteiger partial charge in [-0.1, -0.05) is 68.9 Å². The highest BCUT2D eigenvalue weighted by atomic mass is 31.2. The molecular weight excluding hydrogens is 469 g/mol. The second kappa shape index (κ2) is 24.2. The monoisotopic (exact) mass is 515 g/mol. The van der Waals surface area contributed by atoms with Crippen molar-refractivity contribution in [2.75, 3.05) is 33.0 Å². The van der Waals surface area contributed by atoms with Crippen LogP contribution in [0.2, 0.25) is 0 Å². The number of carbonyl (C=O) groups is 1. The quantitative estimate of drug-likeness (QED) is 0.0761. The van der Waals surface area contributed by atoms with Gasteiger partial charge in [-0.05, 0) is 44.9 Å². The Balaban J connectivity index is 3.90. The van der Waals surface area contributed by atoms with E-state index in [4.69, 9.17) is 19.7 Å². The van der Waals surface area contributed by atoms with Crippen LogP contribution < -0.4 is 5.73 Å². The van der Waals surface area contributed by atoms with Gasteiger partial charge in [-0.15, -0.1) is 0 Å². The molecule has 0 aliphatic rings. The smallest absolute Gasteiger partial charge is 0.457 e. The van der Waals surface area contributed by atoms with Crippen molar-refractivity contribution in [1.29, 1.82) is 0 Å². The first-order chi connectivity index (χ1) is 16.9. The molecule has 0 spiro atoms. The Bertz CT molecular complexity index is 677. The normalized spacial score (nSPS) is 15.0. The maximum absolute atomic E-state index is 11.7. The number of allylic oxidation sites excluding steroid dienone is 8. The van der Waals surface area contributed by atoms with Gasteiger partial charge < -0.3 is 20.1 Å². The van der Waals surface area contributed by atoms with Gasteiger partial charge in [0.1, 0.15) is 6.10 Å². The molecule has 8 nitrogen and oxygen atoms in total. The van der Waals surface area contributed by atoms with E-state index in [1.807, 2.05) is 0 Å². The Morgan fingerprint density at radius 2 is 1.49 bits per heavy atom. The summed E-state index contributed by atoms with van der Waals surface area (Å²) in [6.45, 7) is 4.08. The molecule has 0 saturated carbocycles. The van der Waals surface area contributed by atoms with Gasteiger partial charge in [-0.25, -0.2) is 4.57 Å². The molecule has 0 rings (SSSR count). The molecule has 0 bridgehead atoms. The molecule has 0 aliphatic heterocycles. The third kappa shape index (κ3) is 24.0. The van der Waals surface area contributed by atoms with E-state index >= 15 is 0 Å². The Labute approximate surface area is 211 Å². The first-order valence-electron chi connectivity index (χ1n) is 12.6. The van der Waals surface area contributed by atoms with Gasteiger partial charge in [0.05, 0.1) is 19.8 Å². The Morgan fingerprint density at radius 1 is 0.857 bits per heavy atom. The molecule has 0 amide bonds. The summed E-state index contributed by atoms with van der Waals surface area (Å²) in [7, 11) is -4.24. The summed E-state index contributed by atoms with van der Waals surface area (Å²) in [6, 6.07) is 0. The van der Waals surface area contributed by atoms with Crippen LogP contribution in [-0.2, 0) is 27.9 Å². The lowest BCUT2D eigenvalue weighted by molar-refractivity contribution is -0.154. The van der Waals surface area contributed by atoms with E-state index in [1.54, 1.807) is 6.92 Å². The molecule has 0 fully saturated rings. The van der Waals surface area contributed by atoms with Crippen LogP contribution in [0.3, 0.4) is 0 Å².